The van der Waals surface area contributed by atoms with Gasteiger partial charge in [0.2, 0.25) is 0 Å². The number of Topliss-reactive ketones (excluding diaryl/α,β-unsaturated/α-hetero) is 1. The number of nitrogens with zero attached hydrogens (tertiary/aromatic N) is 2. The van der Waals surface area contributed by atoms with Crippen molar-refractivity contribution in [2.24, 2.45) is 0 Å². The molecule has 0 bridgehead atoms. The molecule has 6 nitrogen and oxygen atoms in total. The fourth-order valence-corrected chi connectivity index (χ4v) is 2.56. The summed E-state index contributed by atoms with van der Waals surface area (Å²) >= 11 is 0. The minimum absolute atomic E-state index is 0.0137. The zero-order valence-corrected chi connectivity index (χ0v) is 14.4. The van der Waals surface area contributed by atoms with Crippen LogP contribution in [0.1, 0.15) is 28.6 Å². The van der Waals surface area contributed by atoms with Gasteiger partial charge in [-0.3, -0.25) is 14.9 Å². The first-order valence-corrected chi connectivity index (χ1v) is 8.06. The lowest BCUT2D eigenvalue weighted by molar-refractivity contribution is -0.384. The van der Waals surface area contributed by atoms with Gasteiger partial charge in [0, 0.05) is 23.3 Å². The lowest BCUT2D eigenvalue weighted by Gasteiger charge is -2.00. The van der Waals surface area contributed by atoms with Gasteiger partial charge < -0.3 is 4.42 Å². The quantitative estimate of drug-likeness (QED) is 0.273. The van der Waals surface area contributed by atoms with Crippen molar-refractivity contribution in [2.75, 3.05) is 0 Å². The minimum atomic E-state index is -0.506. The molecule has 0 atom stereocenters. The molecule has 2 aromatic carbocycles. The van der Waals surface area contributed by atoms with Crippen molar-refractivity contribution in [3.8, 4) is 17.4 Å². The second-order valence-electron chi connectivity index (χ2n) is 5.81. The molecular weight excluding hydrogens is 344 g/mol. The molecule has 27 heavy (non-hydrogen) atoms. The van der Waals surface area contributed by atoms with Crippen LogP contribution in [-0.4, -0.2) is 10.7 Å². The maximum Gasteiger partial charge on any atom is 0.270 e. The van der Waals surface area contributed by atoms with Crippen molar-refractivity contribution in [1.82, 2.24) is 0 Å². The topological polar surface area (TPSA) is 97.1 Å². The summed E-state index contributed by atoms with van der Waals surface area (Å²) in [6, 6.07) is 18.4. The zero-order chi connectivity index (χ0) is 19.4. The number of nitro benzene ring substituents is 1. The van der Waals surface area contributed by atoms with Gasteiger partial charge in [0.1, 0.15) is 11.5 Å². The molecule has 0 unspecified atom stereocenters. The van der Waals surface area contributed by atoms with Crippen LogP contribution in [0.5, 0.6) is 0 Å². The first-order chi connectivity index (χ1) is 13.0. The van der Waals surface area contributed by atoms with Crippen molar-refractivity contribution < 1.29 is 14.1 Å². The number of nitro groups is 1. The second-order valence-corrected chi connectivity index (χ2v) is 5.81. The summed E-state index contributed by atoms with van der Waals surface area (Å²) in [4.78, 5) is 21.8. The average molecular weight is 358 g/mol. The Kier molecular flexibility index (Phi) is 4.95. The molecule has 0 aliphatic heterocycles. The number of ketones is 1. The Bertz CT molecular complexity index is 1090. The van der Waals surface area contributed by atoms with Crippen molar-refractivity contribution >= 4 is 23.1 Å². The summed E-state index contributed by atoms with van der Waals surface area (Å²) in [6.45, 7) is 1.50. The molecule has 0 saturated heterocycles. The number of hydrogen-bond acceptors (Lipinski definition) is 5. The lowest BCUT2D eigenvalue weighted by atomic mass is 10.1. The second kappa shape index (κ2) is 7.50. The lowest BCUT2D eigenvalue weighted by Crippen LogP contribution is -1.90. The Morgan fingerprint density at radius 2 is 1.85 bits per heavy atom. The third-order valence-electron chi connectivity index (χ3n) is 3.98. The van der Waals surface area contributed by atoms with Crippen LogP contribution in [0.15, 0.2) is 65.1 Å². The molecule has 0 aliphatic carbocycles. The van der Waals surface area contributed by atoms with Crippen molar-refractivity contribution in [2.45, 2.75) is 6.92 Å². The summed E-state index contributed by atoms with van der Waals surface area (Å²) < 4.78 is 5.76. The molecule has 6 heteroatoms. The third-order valence-corrected chi connectivity index (χ3v) is 3.98. The van der Waals surface area contributed by atoms with Gasteiger partial charge >= 0.3 is 0 Å². The summed E-state index contributed by atoms with van der Waals surface area (Å²) in [7, 11) is 0. The maximum atomic E-state index is 11.3. The van der Waals surface area contributed by atoms with Crippen LogP contribution in [0.4, 0.5) is 5.69 Å². The number of carbonyl (C=O) groups is 1. The molecule has 0 amide bonds. The molecule has 0 spiro atoms. The van der Waals surface area contributed by atoms with E-state index in [1.165, 1.54) is 31.2 Å². The number of furan rings is 1. The van der Waals surface area contributed by atoms with Gasteiger partial charge in [-0.15, -0.1) is 0 Å². The Balaban J connectivity index is 1.91. The number of non-ortho nitro benzene ring substituents is 1. The number of nitriles is 1. The Hall–Kier alpha value is -3.98. The van der Waals surface area contributed by atoms with Crippen LogP contribution in [0.25, 0.3) is 23.0 Å². The van der Waals surface area contributed by atoms with Crippen LogP contribution in [-0.2, 0) is 0 Å². The van der Waals surface area contributed by atoms with E-state index < -0.39 is 4.92 Å². The van der Waals surface area contributed by atoms with E-state index in [0.717, 1.165) is 5.56 Å². The molecule has 132 valence electrons. The highest BCUT2D eigenvalue weighted by Crippen LogP contribution is 2.26. The van der Waals surface area contributed by atoms with Crippen LogP contribution >= 0.6 is 0 Å². The van der Waals surface area contributed by atoms with Crippen LogP contribution in [0.2, 0.25) is 0 Å². The fraction of sp³-hybridized carbons (Fsp3) is 0.0476. The maximum absolute atomic E-state index is 11.3. The molecule has 0 saturated carbocycles. The number of hydrogen-bond donors (Lipinski definition) is 0. The molecule has 3 aromatic rings. The summed E-state index contributed by atoms with van der Waals surface area (Å²) in [5.41, 5.74) is 2.03. The Morgan fingerprint density at radius 3 is 2.48 bits per heavy atom. The van der Waals surface area contributed by atoms with Gasteiger partial charge in [-0.05, 0) is 30.7 Å². The van der Waals surface area contributed by atoms with Crippen molar-refractivity contribution in [3.05, 3.63) is 87.7 Å². The number of rotatable bonds is 5. The highest BCUT2D eigenvalue weighted by Gasteiger charge is 2.10. The van der Waals surface area contributed by atoms with Gasteiger partial charge in [0.15, 0.2) is 5.78 Å². The molecule has 1 aromatic heterocycles. The van der Waals surface area contributed by atoms with Gasteiger partial charge in [-0.25, -0.2) is 0 Å². The first-order valence-electron chi connectivity index (χ1n) is 8.06. The van der Waals surface area contributed by atoms with Gasteiger partial charge in [0.05, 0.1) is 16.6 Å². The molecular formula is C21H14N2O4. The highest BCUT2D eigenvalue weighted by atomic mass is 16.6. The predicted molar refractivity (Wildman–Crippen MR) is 101 cm³/mol. The average Bonchev–Trinajstić information content (AvgIpc) is 3.15. The summed E-state index contributed by atoms with van der Waals surface area (Å²) in [5, 5.41) is 20.3. The monoisotopic (exact) mass is 358 g/mol. The van der Waals surface area contributed by atoms with Gasteiger partial charge in [-0.2, -0.15) is 5.26 Å². The van der Waals surface area contributed by atoms with Crippen molar-refractivity contribution in [3.63, 3.8) is 0 Å². The number of allylic oxidation sites excluding steroid dienone is 1. The van der Waals surface area contributed by atoms with E-state index >= 15 is 0 Å². The normalized spacial score (nSPS) is 11.0. The van der Waals surface area contributed by atoms with E-state index in [-0.39, 0.29) is 17.0 Å². The number of benzene rings is 2. The minimum Gasteiger partial charge on any atom is -0.457 e. The smallest absolute Gasteiger partial charge is 0.270 e. The number of carbonyl (C=O) groups excluding carboxylic acids is 1. The van der Waals surface area contributed by atoms with E-state index in [2.05, 4.69) is 0 Å². The summed E-state index contributed by atoms with van der Waals surface area (Å²) in [6.07, 6.45) is 1.53. The fourth-order valence-electron chi connectivity index (χ4n) is 2.56. The van der Waals surface area contributed by atoms with Crippen LogP contribution in [0, 0.1) is 21.4 Å². The van der Waals surface area contributed by atoms with E-state index in [4.69, 9.17) is 4.42 Å². The molecule has 1 heterocycles. The standard InChI is InChI=1S/C21H14N2O4/c1-14(24)15-5-7-16(8-6-15)21-10-9-20(27-21)12-18(13-22)17-3-2-4-19(11-17)23(25)26/h2-12H,1H3/b18-12-. The van der Waals surface area contributed by atoms with E-state index in [1.54, 1.807) is 42.5 Å². The highest BCUT2D eigenvalue weighted by molar-refractivity contribution is 5.94. The van der Waals surface area contributed by atoms with Gasteiger partial charge in [0.25, 0.3) is 5.69 Å². The van der Waals surface area contributed by atoms with Crippen LogP contribution < -0.4 is 0 Å². The molecule has 0 fully saturated rings. The Morgan fingerprint density at radius 1 is 1.11 bits per heavy atom. The summed E-state index contributed by atoms with van der Waals surface area (Å²) in [5.74, 6) is 1.02. The Labute approximate surface area is 155 Å². The van der Waals surface area contributed by atoms with E-state index in [1.807, 2.05) is 6.07 Å². The van der Waals surface area contributed by atoms with E-state index in [0.29, 0.717) is 22.6 Å². The molecule has 0 N–H and O–H groups in total. The van der Waals surface area contributed by atoms with Gasteiger partial charge in [-0.1, -0.05) is 36.4 Å². The van der Waals surface area contributed by atoms with Crippen LogP contribution in [0.3, 0.4) is 0 Å². The SMILES string of the molecule is CC(=O)c1ccc(-c2ccc(/C=C(/C#N)c3cccc([N+](=O)[O-])c3)o2)cc1. The first kappa shape index (κ1) is 17.8. The third kappa shape index (κ3) is 3.99. The van der Waals surface area contributed by atoms with Crippen molar-refractivity contribution in [1.29, 1.82) is 5.26 Å². The molecule has 3 rings (SSSR count). The largest absolute Gasteiger partial charge is 0.457 e. The molecule has 0 radical (unpaired) electrons. The predicted octanol–water partition coefficient (Wildman–Crippen LogP) is 5.12. The molecule has 0 aliphatic rings. The zero-order valence-electron chi connectivity index (χ0n) is 14.4. The van der Waals surface area contributed by atoms with E-state index in [9.17, 15) is 20.2 Å².